The molecule has 174 valence electrons. The molecular weight excluding hydrogens is 413 g/mol. The fraction of sp³-hybridized carbons (Fsp3) is 0.810. The number of piperidine rings is 1. The van der Waals surface area contributed by atoms with Crippen LogP contribution >= 0.6 is 0 Å². The van der Waals surface area contributed by atoms with Gasteiger partial charge in [0.1, 0.15) is 5.76 Å². The Bertz CT molecular complexity index is 752. The quantitative estimate of drug-likeness (QED) is 0.722. The molecule has 1 saturated carbocycles. The maximum Gasteiger partial charge on any atom is 0.407 e. The zero-order valence-electron chi connectivity index (χ0n) is 17.9. The highest BCUT2D eigenvalue weighted by molar-refractivity contribution is 5.65. The van der Waals surface area contributed by atoms with E-state index >= 15 is 0 Å². The van der Waals surface area contributed by atoms with E-state index < -0.39 is 18.8 Å². The molecule has 10 heteroatoms. The van der Waals surface area contributed by atoms with Gasteiger partial charge in [-0.2, -0.15) is 13.2 Å². The summed E-state index contributed by atoms with van der Waals surface area (Å²) in [4.78, 5) is 20.6. The Balaban J connectivity index is 1.35. The second kappa shape index (κ2) is 8.61. The van der Waals surface area contributed by atoms with Gasteiger partial charge in [-0.05, 0) is 50.1 Å². The fourth-order valence-corrected chi connectivity index (χ4v) is 6.22. The van der Waals surface area contributed by atoms with Crippen molar-refractivity contribution in [3.05, 3.63) is 18.4 Å². The van der Waals surface area contributed by atoms with Gasteiger partial charge in [0, 0.05) is 25.2 Å². The van der Waals surface area contributed by atoms with Crippen LogP contribution in [0.2, 0.25) is 0 Å². The summed E-state index contributed by atoms with van der Waals surface area (Å²) in [6.45, 7) is 4.09. The lowest BCUT2D eigenvalue weighted by atomic mass is 9.54. The van der Waals surface area contributed by atoms with Gasteiger partial charge in [-0.1, -0.05) is 13.3 Å². The first-order valence-corrected chi connectivity index (χ1v) is 11.1. The van der Waals surface area contributed by atoms with Crippen LogP contribution in [0.5, 0.6) is 0 Å². The molecule has 3 aliphatic rings. The average Bonchev–Trinajstić information content (AvgIpc) is 3.36. The molecular formula is C21H31F3N4O3. The van der Waals surface area contributed by atoms with Gasteiger partial charge in [0.25, 0.3) is 0 Å². The normalized spacial score (nSPS) is 30.3. The van der Waals surface area contributed by atoms with Crippen LogP contribution in [0.4, 0.5) is 18.0 Å². The summed E-state index contributed by atoms with van der Waals surface area (Å²) in [5, 5.41) is 9.31. The molecule has 1 N–H and O–H groups in total. The lowest BCUT2D eigenvalue weighted by molar-refractivity contribution is -0.156. The van der Waals surface area contributed by atoms with Crippen molar-refractivity contribution in [1.82, 2.24) is 19.7 Å². The van der Waals surface area contributed by atoms with Crippen LogP contribution in [0.15, 0.2) is 17.0 Å². The largest absolute Gasteiger partial charge is 0.465 e. The number of likely N-dealkylation sites (tertiary alicyclic amines) is 2. The number of hydrogen-bond donors (Lipinski definition) is 1. The minimum Gasteiger partial charge on any atom is -0.465 e. The summed E-state index contributed by atoms with van der Waals surface area (Å²) >= 11 is 0. The minimum absolute atomic E-state index is 0.0866. The lowest BCUT2D eigenvalue weighted by Crippen LogP contribution is -2.62. The first kappa shape index (κ1) is 22.4. The van der Waals surface area contributed by atoms with Crippen LogP contribution in [0.3, 0.4) is 0 Å². The van der Waals surface area contributed by atoms with Crippen molar-refractivity contribution in [2.45, 2.75) is 63.8 Å². The molecule has 1 amide bonds. The van der Waals surface area contributed by atoms with Crippen molar-refractivity contribution in [3.63, 3.8) is 0 Å². The summed E-state index contributed by atoms with van der Waals surface area (Å²) in [5.74, 6) is 0.900. The molecule has 2 aliphatic heterocycles. The molecule has 3 atom stereocenters. The topological polar surface area (TPSA) is 73.1 Å². The molecule has 2 saturated heterocycles. The first-order valence-electron chi connectivity index (χ1n) is 11.1. The molecule has 7 nitrogen and oxygen atoms in total. The van der Waals surface area contributed by atoms with Crippen molar-refractivity contribution < 1.29 is 27.5 Å². The maximum atomic E-state index is 13.2. The molecule has 4 rings (SSSR count). The predicted molar refractivity (Wildman–Crippen MR) is 106 cm³/mol. The Morgan fingerprint density at radius 2 is 2.10 bits per heavy atom. The van der Waals surface area contributed by atoms with E-state index in [1.54, 1.807) is 0 Å². The highest BCUT2D eigenvalue weighted by Crippen LogP contribution is 2.56. The number of oxazole rings is 1. The van der Waals surface area contributed by atoms with Gasteiger partial charge in [0.05, 0.1) is 19.3 Å². The zero-order chi connectivity index (χ0) is 22.2. The van der Waals surface area contributed by atoms with Gasteiger partial charge in [-0.3, -0.25) is 9.80 Å². The molecule has 1 spiro atoms. The first-order chi connectivity index (χ1) is 14.7. The van der Waals surface area contributed by atoms with Crippen LogP contribution < -0.4 is 0 Å². The molecule has 1 aromatic heterocycles. The highest BCUT2D eigenvalue weighted by atomic mass is 19.4. The molecule has 1 aliphatic carbocycles. The summed E-state index contributed by atoms with van der Waals surface area (Å²) in [6.07, 6.45) is 1.90. The standard InChI is InChI=1S/C21H31F3N4O3/c1-2-17-18(9-20(17)5-8-27(12-20)19(29)30)26-6-3-15(4-7-26)28(13-21(22,23)24)11-16-10-25-14-31-16/h10,14-15,17-18H,2-9,11-13H2,1H3,(H,29,30). The van der Waals surface area contributed by atoms with Gasteiger partial charge >= 0.3 is 12.3 Å². The van der Waals surface area contributed by atoms with Crippen LogP contribution in [-0.2, 0) is 6.54 Å². The number of carboxylic acid groups (broad SMARTS) is 1. The molecule has 3 fully saturated rings. The molecule has 0 aromatic carbocycles. The molecule has 3 heterocycles. The SMILES string of the molecule is CCC1C(N2CCC(N(Cc3cnco3)CC(F)(F)F)CC2)CC12CCN(C(=O)O)C2. The molecule has 0 bridgehead atoms. The zero-order valence-corrected chi connectivity index (χ0v) is 17.9. The highest BCUT2D eigenvalue weighted by Gasteiger charge is 2.58. The molecule has 0 radical (unpaired) electrons. The van der Waals surface area contributed by atoms with E-state index in [9.17, 15) is 23.1 Å². The number of amides is 1. The third kappa shape index (κ3) is 4.69. The van der Waals surface area contributed by atoms with Gasteiger partial charge in [-0.25, -0.2) is 9.78 Å². The van der Waals surface area contributed by atoms with Gasteiger partial charge in [0.15, 0.2) is 6.39 Å². The van der Waals surface area contributed by atoms with Crippen LogP contribution in [0.25, 0.3) is 0 Å². The molecule has 3 unspecified atom stereocenters. The number of hydrogen-bond acceptors (Lipinski definition) is 5. The van der Waals surface area contributed by atoms with Crippen molar-refractivity contribution >= 4 is 6.09 Å². The Hall–Kier alpha value is -1.81. The fourth-order valence-electron chi connectivity index (χ4n) is 6.22. The second-order valence-corrected chi connectivity index (χ2v) is 9.36. The Morgan fingerprint density at radius 1 is 1.35 bits per heavy atom. The van der Waals surface area contributed by atoms with E-state index in [0.717, 1.165) is 32.4 Å². The smallest absolute Gasteiger partial charge is 0.407 e. The maximum absolute atomic E-state index is 13.2. The van der Waals surface area contributed by atoms with E-state index in [-0.39, 0.29) is 18.0 Å². The number of alkyl halides is 3. The summed E-state index contributed by atoms with van der Waals surface area (Å²) in [5.41, 5.74) is 0.0866. The Labute approximate surface area is 180 Å². The second-order valence-electron chi connectivity index (χ2n) is 9.36. The van der Waals surface area contributed by atoms with E-state index in [2.05, 4.69) is 16.8 Å². The number of nitrogens with zero attached hydrogens (tertiary/aromatic N) is 4. The number of rotatable bonds is 6. The van der Waals surface area contributed by atoms with Crippen molar-refractivity contribution in [3.8, 4) is 0 Å². The minimum atomic E-state index is -4.26. The van der Waals surface area contributed by atoms with E-state index in [1.165, 1.54) is 22.4 Å². The van der Waals surface area contributed by atoms with E-state index in [4.69, 9.17) is 4.42 Å². The van der Waals surface area contributed by atoms with E-state index in [0.29, 0.717) is 43.7 Å². The lowest BCUT2D eigenvalue weighted by Gasteiger charge is -2.58. The monoisotopic (exact) mass is 444 g/mol. The third-order valence-electron chi connectivity index (χ3n) is 7.67. The average molecular weight is 444 g/mol. The van der Waals surface area contributed by atoms with Crippen LogP contribution in [0, 0.1) is 11.3 Å². The number of aromatic nitrogens is 1. The number of halogens is 3. The molecule has 31 heavy (non-hydrogen) atoms. The van der Waals surface area contributed by atoms with Gasteiger partial charge < -0.3 is 14.4 Å². The Kier molecular flexibility index (Phi) is 6.22. The summed E-state index contributed by atoms with van der Waals surface area (Å²) < 4.78 is 44.7. The Morgan fingerprint density at radius 3 is 2.65 bits per heavy atom. The van der Waals surface area contributed by atoms with Crippen LogP contribution in [-0.4, -0.2) is 81.9 Å². The molecule has 1 aromatic rings. The third-order valence-corrected chi connectivity index (χ3v) is 7.67. The predicted octanol–water partition coefficient (Wildman–Crippen LogP) is 3.67. The van der Waals surface area contributed by atoms with E-state index in [1.807, 2.05) is 0 Å². The van der Waals surface area contributed by atoms with Crippen molar-refractivity contribution in [1.29, 1.82) is 0 Å². The summed E-state index contributed by atoms with van der Waals surface area (Å²) in [6, 6.07) is 0.260. The van der Waals surface area contributed by atoms with Crippen LogP contribution in [0.1, 0.15) is 44.8 Å². The summed E-state index contributed by atoms with van der Waals surface area (Å²) in [7, 11) is 0. The van der Waals surface area contributed by atoms with Crippen molar-refractivity contribution in [2.75, 3.05) is 32.7 Å². The van der Waals surface area contributed by atoms with Crippen molar-refractivity contribution in [2.24, 2.45) is 11.3 Å². The number of carbonyl (C=O) groups is 1. The van der Waals surface area contributed by atoms with Gasteiger partial charge in [-0.15, -0.1) is 0 Å². The van der Waals surface area contributed by atoms with Gasteiger partial charge in [0.2, 0.25) is 0 Å².